The van der Waals surface area contributed by atoms with E-state index in [4.69, 9.17) is 21.6 Å². The Morgan fingerprint density at radius 2 is 2.27 bits per heavy atom. The van der Waals surface area contributed by atoms with Crippen LogP contribution in [0, 0.1) is 11.3 Å². The summed E-state index contributed by atoms with van der Waals surface area (Å²) in [6.07, 6.45) is 0.924. The Bertz CT molecular complexity index is 385. The van der Waals surface area contributed by atoms with Gasteiger partial charge in [-0.05, 0) is 18.6 Å². The lowest BCUT2D eigenvalue weighted by molar-refractivity contribution is 0.319. The van der Waals surface area contributed by atoms with Crippen LogP contribution < -0.4 is 10.1 Å². The molecule has 80 valence electrons. The standard InChI is InChI=1S/C11H13ClN2O/c1-3-6-15-10-5-4-9(12)8(7-13)11(10)14-2/h4-5,14H,3,6H2,1-2H3. The van der Waals surface area contributed by atoms with Crippen molar-refractivity contribution in [1.29, 1.82) is 5.26 Å². The van der Waals surface area contributed by atoms with Crippen LogP contribution in [0.1, 0.15) is 18.9 Å². The van der Waals surface area contributed by atoms with Gasteiger partial charge in [0.05, 0.1) is 22.9 Å². The van der Waals surface area contributed by atoms with Crippen molar-refractivity contribution in [2.75, 3.05) is 19.0 Å². The molecule has 0 radical (unpaired) electrons. The molecule has 0 amide bonds. The number of hydrogen-bond acceptors (Lipinski definition) is 3. The van der Waals surface area contributed by atoms with Crippen molar-refractivity contribution in [3.05, 3.63) is 22.7 Å². The van der Waals surface area contributed by atoms with E-state index in [2.05, 4.69) is 11.4 Å². The van der Waals surface area contributed by atoms with Crippen LogP contribution in [0.15, 0.2) is 12.1 Å². The number of halogens is 1. The maximum absolute atomic E-state index is 8.95. The van der Waals surface area contributed by atoms with Crippen molar-refractivity contribution in [2.45, 2.75) is 13.3 Å². The summed E-state index contributed by atoms with van der Waals surface area (Å²) >= 11 is 5.90. The van der Waals surface area contributed by atoms with Crippen molar-refractivity contribution < 1.29 is 4.74 Å². The molecule has 0 fully saturated rings. The molecule has 0 aliphatic carbocycles. The van der Waals surface area contributed by atoms with E-state index in [1.807, 2.05) is 6.92 Å². The lowest BCUT2D eigenvalue weighted by Crippen LogP contribution is -2.01. The fourth-order valence-electron chi connectivity index (χ4n) is 1.25. The highest BCUT2D eigenvalue weighted by Gasteiger charge is 2.11. The first-order valence-electron chi connectivity index (χ1n) is 4.77. The number of benzene rings is 1. The molecule has 4 heteroatoms. The first-order valence-corrected chi connectivity index (χ1v) is 5.15. The van der Waals surface area contributed by atoms with E-state index >= 15 is 0 Å². The summed E-state index contributed by atoms with van der Waals surface area (Å²) in [6.45, 7) is 2.65. The number of rotatable bonds is 4. The van der Waals surface area contributed by atoms with Gasteiger partial charge < -0.3 is 10.1 Å². The molecular formula is C11H13ClN2O. The Kier molecular flexibility index (Phi) is 4.26. The molecule has 0 heterocycles. The molecule has 15 heavy (non-hydrogen) atoms. The molecule has 1 N–H and O–H groups in total. The van der Waals surface area contributed by atoms with E-state index in [1.54, 1.807) is 19.2 Å². The van der Waals surface area contributed by atoms with Crippen LogP contribution in [0.2, 0.25) is 5.02 Å². The molecule has 0 aliphatic rings. The molecular weight excluding hydrogens is 212 g/mol. The monoisotopic (exact) mass is 224 g/mol. The van der Waals surface area contributed by atoms with E-state index in [0.29, 0.717) is 28.6 Å². The molecule has 1 aromatic rings. The van der Waals surface area contributed by atoms with Gasteiger partial charge in [0.25, 0.3) is 0 Å². The molecule has 0 atom stereocenters. The average Bonchev–Trinajstić information content (AvgIpc) is 2.26. The van der Waals surface area contributed by atoms with Gasteiger partial charge in [0.15, 0.2) is 0 Å². The zero-order valence-electron chi connectivity index (χ0n) is 8.80. The minimum Gasteiger partial charge on any atom is -0.491 e. The first-order chi connectivity index (χ1) is 7.24. The second-order valence-corrected chi connectivity index (χ2v) is 3.41. The van der Waals surface area contributed by atoms with Crippen LogP contribution >= 0.6 is 11.6 Å². The van der Waals surface area contributed by atoms with Crippen LogP contribution in [-0.2, 0) is 0 Å². The van der Waals surface area contributed by atoms with Crippen LogP contribution in [0.3, 0.4) is 0 Å². The highest BCUT2D eigenvalue weighted by molar-refractivity contribution is 6.32. The SMILES string of the molecule is CCCOc1ccc(Cl)c(C#N)c1NC. The van der Waals surface area contributed by atoms with Gasteiger partial charge in [-0.25, -0.2) is 0 Å². The van der Waals surface area contributed by atoms with Crippen LogP contribution in [-0.4, -0.2) is 13.7 Å². The molecule has 1 aromatic carbocycles. The first kappa shape index (κ1) is 11.7. The second-order valence-electron chi connectivity index (χ2n) is 3.01. The van der Waals surface area contributed by atoms with Crippen molar-refractivity contribution in [1.82, 2.24) is 0 Å². The summed E-state index contributed by atoms with van der Waals surface area (Å²) in [7, 11) is 1.74. The molecule has 0 bridgehead atoms. The lowest BCUT2D eigenvalue weighted by Gasteiger charge is -2.12. The zero-order valence-corrected chi connectivity index (χ0v) is 9.56. The Hall–Kier alpha value is -1.40. The normalized spacial score (nSPS) is 9.47. The minimum absolute atomic E-state index is 0.424. The summed E-state index contributed by atoms with van der Waals surface area (Å²) in [6, 6.07) is 5.50. The average molecular weight is 225 g/mol. The summed E-state index contributed by atoms with van der Waals surface area (Å²) in [5.74, 6) is 0.667. The largest absolute Gasteiger partial charge is 0.491 e. The van der Waals surface area contributed by atoms with Crippen LogP contribution in [0.4, 0.5) is 5.69 Å². The smallest absolute Gasteiger partial charge is 0.143 e. The second kappa shape index (κ2) is 5.47. The number of anilines is 1. The predicted molar refractivity (Wildman–Crippen MR) is 61.5 cm³/mol. The summed E-state index contributed by atoms with van der Waals surface area (Å²) in [5.41, 5.74) is 1.08. The molecule has 0 saturated heterocycles. The van der Waals surface area contributed by atoms with Crippen LogP contribution in [0.5, 0.6) is 5.75 Å². The van der Waals surface area contributed by atoms with Gasteiger partial charge in [0.2, 0.25) is 0 Å². The topological polar surface area (TPSA) is 45.0 Å². The third-order valence-electron chi connectivity index (χ3n) is 1.94. The van der Waals surface area contributed by atoms with E-state index in [-0.39, 0.29) is 0 Å². The maximum Gasteiger partial charge on any atom is 0.143 e. The molecule has 0 unspecified atom stereocenters. The van der Waals surface area contributed by atoms with Gasteiger partial charge in [-0.1, -0.05) is 18.5 Å². The Morgan fingerprint density at radius 3 is 2.80 bits per heavy atom. The fourth-order valence-corrected chi connectivity index (χ4v) is 1.45. The predicted octanol–water partition coefficient (Wildman–Crippen LogP) is 3.04. The third-order valence-corrected chi connectivity index (χ3v) is 2.25. The molecule has 0 saturated carbocycles. The van der Waals surface area contributed by atoms with Crippen molar-refractivity contribution in [3.8, 4) is 11.8 Å². The van der Waals surface area contributed by atoms with E-state index in [0.717, 1.165) is 6.42 Å². The Morgan fingerprint density at radius 1 is 1.53 bits per heavy atom. The highest BCUT2D eigenvalue weighted by atomic mass is 35.5. The maximum atomic E-state index is 8.95. The molecule has 0 spiro atoms. The number of nitrogens with zero attached hydrogens (tertiary/aromatic N) is 1. The van der Waals surface area contributed by atoms with E-state index in [1.165, 1.54) is 0 Å². The summed E-state index contributed by atoms with van der Waals surface area (Å²) < 4.78 is 5.50. The zero-order chi connectivity index (χ0) is 11.3. The number of ether oxygens (including phenoxy) is 1. The van der Waals surface area contributed by atoms with Gasteiger partial charge in [-0.2, -0.15) is 5.26 Å². The summed E-state index contributed by atoms with van der Waals surface area (Å²) in [4.78, 5) is 0. The minimum atomic E-state index is 0.424. The van der Waals surface area contributed by atoms with Crippen molar-refractivity contribution >= 4 is 17.3 Å². The number of hydrogen-bond donors (Lipinski definition) is 1. The fraction of sp³-hybridized carbons (Fsp3) is 0.364. The third kappa shape index (κ3) is 2.54. The van der Waals surface area contributed by atoms with Gasteiger partial charge in [0.1, 0.15) is 11.8 Å². The Labute approximate surface area is 94.6 Å². The van der Waals surface area contributed by atoms with E-state index in [9.17, 15) is 0 Å². The molecule has 1 rings (SSSR count). The quantitative estimate of drug-likeness (QED) is 0.855. The Balaban J connectivity index is 3.12. The molecule has 3 nitrogen and oxygen atoms in total. The van der Waals surface area contributed by atoms with Gasteiger partial charge in [0, 0.05) is 7.05 Å². The lowest BCUT2D eigenvalue weighted by atomic mass is 10.2. The molecule has 0 aromatic heterocycles. The number of nitriles is 1. The van der Waals surface area contributed by atoms with E-state index < -0.39 is 0 Å². The van der Waals surface area contributed by atoms with Gasteiger partial charge >= 0.3 is 0 Å². The van der Waals surface area contributed by atoms with Crippen molar-refractivity contribution in [3.63, 3.8) is 0 Å². The highest BCUT2D eigenvalue weighted by Crippen LogP contribution is 2.32. The summed E-state index contributed by atoms with van der Waals surface area (Å²) in [5, 5.41) is 12.3. The van der Waals surface area contributed by atoms with Crippen LogP contribution in [0.25, 0.3) is 0 Å². The van der Waals surface area contributed by atoms with Crippen molar-refractivity contribution in [2.24, 2.45) is 0 Å². The van der Waals surface area contributed by atoms with Gasteiger partial charge in [-0.3, -0.25) is 0 Å². The number of nitrogens with one attached hydrogen (secondary N) is 1. The molecule has 0 aliphatic heterocycles. The van der Waals surface area contributed by atoms with Gasteiger partial charge in [-0.15, -0.1) is 0 Å².